The van der Waals surface area contributed by atoms with Crippen LogP contribution < -0.4 is 9.47 Å². The summed E-state index contributed by atoms with van der Waals surface area (Å²) in [6, 6.07) is 4.41. The van der Waals surface area contributed by atoms with E-state index in [0.717, 1.165) is 17.1 Å². The molecule has 126 valence electrons. The van der Waals surface area contributed by atoms with E-state index in [1.165, 1.54) is 25.3 Å². The van der Waals surface area contributed by atoms with Crippen LogP contribution in [0.5, 0.6) is 11.5 Å². The molecule has 2 amide bonds. The van der Waals surface area contributed by atoms with Crippen molar-refractivity contribution >= 4 is 23.8 Å². The summed E-state index contributed by atoms with van der Waals surface area (Å²) in [5.41, 5.74) is 0.499. The maximum absolute atomic E-state index is 11.9. The van der Waals surface area contributed by atoms with Gasteiger partial charge in [-0.25, -0.2) is 0 Å². The number of esters is 1. The van der Waals surface area contributed by atoms with Crippen molar-refractivity contribution in [2.75, 3.05) is 13.7 Å². The summed E-state index contributed by atoms with van der Waals surface area (Å²) in [6.07, 6.45) is 1.92. The van der Waals surface area contributed by atoms with E-state index in [2.05, 4.69) is 0 Å². The van der Waals surface area contributed by atoms with E-state index >= 15 is 0 Å². The number of carboxylic acids is 1. The van der Waals surface area contributed by atoms with Gasteiger partial charge in [-0.3, -0.25) is 24.1 Å². The third kappa shape index (κ3) is 4.19. The highest BCUT2D eigenvalue weighted by atomic mass is 16.6. The van der Waals surface area contributed by atoms with Crippen LogP contribution >= 0.6 is 0 Å². The number of benzene rings is 1. The maximum atomic E-state index is 11.9. The zero-order chi connectivity index (χ0) is 17.7. The molecular weight excluding hydrogens is 318 g/mol. The van der Waals surface area contributed by atoms with Gasteiger partial charge in [0.25, 0.3) is 11.8 Å². The van der Waals surface area contributed by atoms with E-state index in [-0.39, 0.29) is 30.9 Å². The van der Waals surface area contributed by atoms with Crippen molar-refractivity contribution in [2.45, 2.75) is 12.8 Å². The SMILES string of the molecule is COc1cc(CC(=O)O)ccc1OC(=O)CCN1C(=O)C=CC1=O. The normalized spacial score (nSPS) is 13.3. The number of carboxylic acid groups (broad SMARTS) is 1. The van der Waals surface area contributed by atoms with Gasteiger partial charge >= 0.3 is 11.9 Å². The molecule has 0 spiro atoms. The number of hydrogen-bond acceptors (Lipinski definition) is 6. The lowest BCUT2D eigenvalue weighted by atomic mass is 10.1. The van der Waals surface area contributed by atoms with Crippen LogP contribution in [-0.4, -0.2) is 47.4 Å². The van der Waals surface area contributed by atoms with Crippen LogP contribution in [0.3, 0.4) is 0 Å². The number of ether oxygens (including phenoxy) is 2. The lowest BCUT2D eigenvalue weighted by Gasteiger charge is -2.14. The molecule has 24 heavy (non-hydrogen) atoms. The predicted octanol–water partition coefficient (Wildman–Crippen LogP) is 0.543. The van der Waals surface area contributed by atoms with E-state index in [1.807, 2.05) is 0 Å². The first-order valence-electron chi connectivity index (χ1n) is 7.03. The zero-order valence-electron chi connectivity index (χ0n) is 12.9. The largest absolute Gasteiger partial charge is 0.493 e. The average Bonchev–Trinajstić information content (AvgIpc) is 2.85. The summed E-state index contributed by atoms with van der Waals surface area (Å²) in [6.45, 7) is -0.0804. The molecule has 0 saturated heterocycles. The Bertz CT molecular complexity index is 705. The van der Waals surface area contributed by atoms with Gasteiger partial charge in [-0.15, -0.1) is 0 Å². The zero-order valence-corrected chi connectivity index (χ0v) is 12.9. The number of rotatable bonds is 7. The fourth-order valence-electron chi connectivity index (χ4n) is 2.11. The van der Waals surface area contributed by atoms with Crippen molar-refractivity contribution < 1.29 is 33.8 Å². The van der Waals surface area contributed by atoms with Crippen LogP contribution in [-0.2, 0) is 25.6 Å². The lowest BCUT2D eigenvalue weighted by molar-refractivity contribution is -0.139. The Hall–Kier alpha value is -3.16. The van der Waals surface area contributed by atoms with E-state index in [1.54, 1.807) is 0 Å². The molecule has 8 heteroatoms. The minimum absolute atomic E-state index is 0.0804. The van der Waals surface area contributed by atoms with Crippen LogP contribution in [0, 0.1) is 0 Å². The van der Waals surface area contributed by atoms with Gasteiger partial charge in [0.2, 0.25) is 0 Å². The Labute approximate surface area is 137 Å². The molecule has 1 aliphatic heterocycles. The molecule has 8 nitrogen and oxygen atoms in total. The van der Waals surface area contributed by atoms with Gasteiger partial charge in [0.15, 0.2) is 11.5 Å². The molecule has 0 aliphatic carbocycles. The van der Waals surface area contributed by atoms with Crippen LogP contribution in [0.25, 0.3) is 0 Å². The maximum Gasteiger partial charge on any atom is 0.313 e. The molecule has 1 heterocycles. The van der Waals surface area contributed by atoms with Crippen molar-refractivity contribution in [3.63, 3.8) is 0 Å². The molecule has 1 N–H and O–H groups in total. The minimum atomic E-state index is -0.990. The van der Waals surface area contributed by atoms with Gasteiger partial charge < -0.3 is 14.6 Å². The number of carbonyl (C=O) groups is 4. The highest BCUT2D eigenvalue weighted by Gasteiger charge is 2.24. The molecule has 0 aromatic heterocycles. The second-order valence-corrected chi connectivity index (χ2v) is 4.94. The molecule has 1 aromatic carbocycles. The van der Waals surface area contributed by atoms with Gasteiger partial charge in [-0.2, -0.15) is 0 Å². The molecule has 0 fully saturated rings. The molecule has 1 aromatic rings. The van der Waals surface area contributed by atoms with Gasteiger partial charge in [0, 0.05) is 18.7 Å². The van der Waals surface area contributed by atoms with Crippen LogP contribution in [0.2, 0.25) is 0 Å². The number of amides is 2. The molecular formula is C16H15NO7. The monoisotopic (exact) mass is 333 g/mol. The van der Waals surface area contributed by atoms with Crippen molar-refractivity contribution in [2.24, 2.45) is 0 Å². The summed E-state index contributed by atoms with van der Waals surface area (Å²) in [5, 5.41) is 8.77. The Balaban J connectivity index is 1.97. The van der Waals surface area contributed by atoms with Crippen LogP contribution in [0.4, 0.5) is 0 Å². The predicted molar refractivity (Wildman–Crippen MR) is 80.4 cm³/mol. The Morgan fingerprint density at radius 3 is 2.38 bits per heavy atom. The summed E-state index contributed by atoms with van der Waals surface area (Å²) in [7, 11) is 1.37. The summed E-state index contributed by atoms with van der Waals surface area (Å²) >= 11 is 0. The number of nitrogens with zero attached hydrogens (tertiary/aromatic N) is 1. The molecule has 0 bridgehead atoms. The Kier molecular flexibility index (Phi) is 5.31. The summed E-state index contributed by atoms with van der Waals surface area (Å²) in [4.78, 5) is 46.3. The third-order valence-electron chi connectivity index (χ3n) is 3.25. The van der Waals surface area contributed by atoms with Gasteiger partial charge in [0.1, 0.15) is 0 Å². The second-order valence-electron chi connectivity index (χ2n) is 4.94. The number of hydrogen-bond donors (Lipinski definition) is 1. The second kappa shape index (κ2) is 7.40. The molecule has 2 rings (SSSR count). The molecule has 0 saturated carbocycles. The lowest BCUT2D eigenvalue weighted by Crippen LogP contribution is -2.32. The van der Waals surface area contributed by atoms with Gasteiger partial charge in [-0.1, -0.05) is 6.07 Å². The third-order valence-corrected chi connectivity index (χ3v) is 3.25. The first kappa shape index (κ1) is 17.2. The first-order chi connectivity index (χ1) is 11.4. The van der Waals surface area contributed by atoms with Crippen molar-refractivity contribution in [3.05, 3.63) is 35.9 Å². The Morgan fingerprint density at radius 2 is 1.79 bits per heavy atom. The number of imide groups is 1. The fraction of sp³-hybridized carbons (Fsp3) is 0.250. The van der Waals surface area contributed by atoms with E-state index in [9.17, 15) is 19.2 Å². The number of aliphatic carboxylic acids is 1. The first-order valence-corrected chi connectivity index (χ1v) is 7.03. The molecule has 1 aliphatic rings. The molecule has 0 atom stereocenters. The van der Waals surface area contributed by atoms with Crippen molar-refractivity contribution in [1.29, 1.82) is 0 Å². The van der Waals surface area contributed by atoms with Crippen LogP contribution in [0.15, 0.2) is 30.4 Å². The number of methoxy groups -OCH3 is 1. The summed E-state index contributed by atoms with van der Waals surface area (Å²) < 4.78 is 10.2. The van der Waals surface area contributed by atoms with Crippen molar-refractivity contribution in [1.82, 2.24) is 4.90 Å². The summed E-state index contributed by atoms with van der Waals surface area (Å²) in [5.74, 6) is -2.22. The van der Waals surface area contributed by atoms with Gasteiger partial charge in [0.05, 0.1) is 20.0 Å². The molecule has 0 radical (unpaired) electrons. The topological polar surface area (TPSA) is 110 Å². The Morgan fingerprint density at radius 1 is 1.12 bits per heavy atom. The van der Waals surface area contributed by atoms with E-state index in [0.29, 0.717) is 5.56 Å². The fourth-order valence-corrected chi connectivity index (χ4v) is 2.11. The standard InChI is InChI=1S/C16H15NO7/c1-23-12-8-10(9-15(20)21)2-3-11(12)24-16(22)6-7-17-13(18)4-5-14(17)19/h2-5,8H,6-7,9H2,1H3,(H,20,21). The van der Waals surface area contributed by atoms with Gasteiger partial charge in [-0.05, 0) is 17.7 Å². The average molecular weight is 333 g/mol. The highest BCUT2D eigenvalue weighted by Crippen LogP contribution is 2.28. The van der Waals surface area contributed by atoms with Crippen LogP contribution in [0.1, 0.15) is 12.0 Å². The quantitative estimate of drug-likeness (QED) is 0.440. The molecule has 0 unspecified atom stereocenters. The number of carbonyl (C=O) groups excluding carboxylic acids is 3. The smallest absolute Gasteiger partial charge is 0.313 e. The highest BCUT2D eigenvalue weighted by molar-refractivity contribution is 6.13. The van der Waals surface area contributed by atoms with E-state index < -0.39 is 23.8 Å². The van der Waals surface area contributed by atoms with E-state index in [4.69, 9.17) is 14.6 Å². The minimum Gasteiger partial charge on any atom is -0.493 e. The van der Waals surface area contributed by atoms with Crippen molar-refractivity contribution in [3.8, 4) is 11.5 Å².